The molecule has 0 aromatic rings. The van der Waals surface area contributed by atoms with Crippen LogP contribution in [-0.2, 0) is 4.74 Å². The van der Waals surface area contributed by atoms with Crippen LogP contribution in [0, 0.1) is 0 Å². The SMILES string of the molecule is CC(C)(C)OC(=O)N[C@]1(C)C[C@@H](N)C1. The Bertz CT molecular complexity index is 227. The number of hydrogen-bond acceptors (Lipinski definition) is 3. The van der Waals surface area contributed by atoms with Crippen LogP contribution < -0.4 is 11.1 Å². The Kier molecular flexibility index (Phi) is 2.76. The summed E-state index contributed by atoms with van der Waals surface area (Å²) in [6.45, 7) is 7.53. The third-order valence-corrected chi connectivity index (χ3v) is 2.23. The van der Waals surface area contributed by atoms with Gasteiger partial charge in [0.15, 0.2) is 0 Å². The van der Waals surface area contributed by atoms with E-state index in [-0.39, 0.29) is 17.7 Å². The van der Waals surface area contributed by atoms with E-state index in [0.717, 1.165) is 12.8 Å². The van der Waals surface area contributed by atoms with Gasteiger partial charge in [0.1, 0.15) is 5.60 Å². The molecule has 0 bridgehead atoms. The van der Waals surface area contributed by atoms with E-state index in [0.29, 0.717) is 0 Å². The Morgan fingerprint density at radius 2 is 2.00 bits per heavy atom. The van der Waals surface area contributed by atoms with Crippen molar-refractivity contribution in [3.63, 3.8) is 0 Å². The molecular weight excluding hydrogens is 180 g/mol. The van der Waals surface area contributed by atoms with Crippen LogP contribution in [0.2, 0.25) is 0 Å². The molecule has 0 spiro atoms. The second-order valence-electron chi connectivity index (χ2n) is 5.36. The minimum Gasteiger partial charge on any atom is -0.444 e. The summed E-state index contributed by atoms with van der Waals surface area (Å²) in [4.78, 5) is 11.4. The van der Waals surface area contributed by atoms with Crippen molar-refractivity contribution in [1.82, 2.24) is 5.32 Å². The summed E-state index contributed by atoms with van der Waals surface area (Å²) in [5.74, 6) is 0. The van der Waals surface area contributed by atoms with Crippen LogP contribution in [0.3, 0.4) is 0 Å². The predicted molar refractivity (Wildman–Crippen MR) is 55.0 cm³/mol. The van der Waals surface area contributed by atoms with Gasteiger partial charge in [-0.3, -0.25) is 0 Å². The summed E-state index contributed by atoms with van der Waals surface area (Å²) in [5.41, 5.74) is 5.06. The predicted octanol–water partition coefficient (Wildman–Crippen LogP) is 1.39. The lowest BCUT2D eigenvalue weighted by molar-refractivity contribution is 0.0386. The summed E-state index contributed by atoms with van der Waals surface area (Å²) in [5, 5.41) is 2.84. The Morgan fingerprint density at radius 3 is 2.36 bits per heavy atom. The van der Waals surface area contributed by atoms with Crippen molar-refractivity contribution in [2.45, 2.75) is 57.7 Å². The third kappa shape index (κ3) is 3.18. The molecule has 1 amide bonds. The lowest BCUT2D eigenvalue weighted by atomic mass is 9.75. The highest BCUT2D eigenvalue weighted by atomic mass is 16.6. The average Bonchev–Trinajstić information content (AvgIpc) is 1.76. The Labute approximate surface area is 85.2 Å². The van der Waals surface area contributed by atoms with Crippen molar-refractivity contribution < 1.29 is 9.53 Å². The fourth-order valence-electron chi connectivity index (χ4n) is 1.75. The molecule has 0 heterocycles. The molecule has 1 aliphatic carbocycles. The molecule has 0 atom stereocenters. The third-order valence-electron chi connectivity index (χ3n) is 2.23. The summed E-state index contributed by atoms with van der Waals surface area (Å²) < 4.78 is 5.15. The first-order chi connectivity index (χ1) is 6.20. The van der Waals surface area contributed by atoms with Crippen molar-refractivity contribution in [1.29, 1.82) is 0 Å². The van der Waals surface area contributed by atoms with Crippen LogP contribution in [0.25, 0.3) is 0 Å². The number of carbonyl (C=O) groups excluding carboxylic acids is 1. The molecule has 3 N–H and O–H groups in total. The van der Waals surface area contributed by atoms with Gasteiger partial charge < -0.3 is 15.8 Å². The summed E-state index contributed by atoms with van der Waals surface area (Å²) in [6, 6.07) is 0.218. The molecule has 1 fully saturated rings. The first kappa shape index (κ1) is 11.3. The largest absolute Gasteiger partial charge is 0.444 e. The molecule has 1 rings (SSSR count). The Hall–Kier alpha value is -0.770. The van der Waals surface area contributed by atoms with Gasteiger partial charge >= 0.3 is 6.09 Å². The van der Waals surface area contributed by atoms with Gasteiger partial charge in [0, 0.05) is 11.6 Å². The molecule has 14 heavy (non-hydrogen) atoms. The summed E-state index contributed by atoms with van der Waals surface area (Å²) in [6.07, 6.45) is 1.30. The molecule has 0 aliphatic heterocycles. The van der Waals surface area contributed by atoms with Crippen LogP contribution in [0.5, 0.6) is 0 Å². The number of rotatable bonds is 1. The monoisotopic (exact) mass is 200 g/mol. The number of nitrogens with two attached hydrogens (primary N) is 1. The van der Waals surface area contributed by atoms with Crippen LogP contribution in [0.15, 0.2) is 0 Å². The minimum absolute atomic E-state index is 0.165. The van der Waals surface area contributed by atoms with Gasteiger partial charge in [0.2, 0.25) is 0 Å². The quantitative estimate of drug-likeness (QED) is 0.672. The van der Waals surface area contributed by atoms with Crippen LogP contribution >= 0.6 is 0 Å². The highest BCUT2D eigenvalue weighted by molar-refractivity contribution is 5.69. The second-order valence-corrected chi connectivity index (χ2v) is 5.36. The number of hydrogen-bond donors (Lipinski definition) is 2. The maximum Gasteiger partial charge on any atom is 0.408 e. The van der Waals surface area contributed by atoms with E-state index in [1.165, 1.54) is 0 Å². The zero-order chi connectivity index (χ0) is 11.0. The highest BCUT2D eigenvalue weighted by Gasteiger charge is 2.40. The van der Waals surface area contributed by atoms with Gasteiger partial charge in [0.05, 0.1) is 0 Å². The fraction of sp³-hybridized carbons (Fsp3) is 0.900. The van der Waals surface area contributed by atoms with E-state index in [4.69, 9.17) is 10.5 Å². The normalized spacial score (nSPS) is 31.9. The van der Waals surface area contributed by atoms with Gasteiger partial charge in [-0.15, -0.1) is 0 Å². The van der Waals surface area contributed by atoms with Crippen molar-refractivity contribution in [3.05, 3.63) is 0 Å². The Morgan fingerprint density at radius 1 is 1.50 bits per heavy atom. The van der Waals surface area contributed by atoms with E-state index < -0.39 is 5.60 Å². The van der Waals surface area contributed by atoms with Gasteiger partial charge in [-0.05, 0) is 40.5 Å². The molecule has 4 nitrogen and oxygen atoms in total. The molecule has 4 heteroatoms. The van der Waals surface area contributed by atoms with E-state index in [1.807, 2.05) is 27.7 Å². The van der Waals surface area contributed by atoms with Crippen molar-refractivity contribution in [3.8, 4) is 0 Å². The lowest BCUT2D eigenvalue weighted by Crippen LogP contribution is -2.60. The van der Waals surface area contributed by atoms with Crippen molar-refractivity contribution in [2.75, 3.05) is 0 Å². The van der Waals surface area contributed by atoms with Crippen LogP contribution in [0.4, 0.5) is 4.79 Å². The molecule has 0 unspecified atom stereocenters. The van der Waals surface area contributed by atoms with Crippen molar-refractivity contribution >= 4 is 6.09 Å². The topological polar surface area (TPSA) is 64.3 Å². The average molecular weight is 200 g/mol. The van der Waals surface area contributed by atoms with Crippen LogP contribution in [0.1, 0.15) is 40.5 Å². The van der Waals surface area contributed by atoms with Crippen molar-refractivity contribution in [2.24, 2.45) is 5.73 Å². The molecule has 0 aromatic heterocycles. The first-order valence-corrected chi connectivity index (χ1v) is 4.97. The van der Waals surface area contributed by atoms with E-state index >= 15 is 0 Å². The van der Waals surface area contributed by atoms with Gasteiger partial charge in [-0.1, -0.05) is 0 Å². The maximum absolute atomic E-state index is 11.4. The van der Waals surface area contributed by atoms with Gasteiger partial charge in [0.25, 0.3) is 0 Å². The molecule has 82 valence electrons. The molecule has 0 saturated heterocycles. The molecule has 0 radical (unpaired) electrons. The minimum atomic E-state index is -0.438. The smallest absolute Gasteiger partial charge is 0.408 e. The highest BCUT2D eigenvalue weighted by Crippen LogP contribution is 2.30. The fourth-order valence-corrected chi connectivity index (χ4v) is 1.75. The summed E-state index contributed by atoms with van der Waals surface area (Å²) >= 11 is 0. The number of carbonyl (C=O) groups is 1. The molecular formula is C10H20N2O2. The summed E-state index contributed by atoms with van der Waals surface area (Å²) in [7, 11) is 0. The number of nitrogens with one attached hydrogen (secondary N) is 1. The molecule has 1 saturated carbocycles. The van der Waals surface area contributed by atoms with Crippen LogP contribution in [-0.4, -0.2) is 23.3 Å². The molecule has 1 aliphatic rings. The van der Waals surface area contributed by atoms with Gasteiger partial charge in [-0.2, -0.15) is 0 Å². The number of alkyl carbamates (subject to hydrolysis) is 1. The van der Waals surface area contributed by atoms with Gasteiger partial charge in [-0.25, -0.2) is 4.79 Å². The zero-order valence-corrected chi connectivity index (χ0v) is 9.39. The number of amides is 1. The van der Waals surface area contributed by atoms with E-state index in [1.54, 1.807) is 0 Å². The lowest BCUT2D eigenvalue weighted by Gasteiger charge is -2.43. The zero-order valence-electron chi connectivity index (χ0n) is 9.39. The maximum atomic E-state index is 11.4. The Balaban J connectivity index is 2.35. The van der Waals surface area contributed by atoms with E-state index in [2.05, 4.69) is 5.32 Å². The first-order valence-electron chi connectivity index (χ1n) is 4.97. The standard InChI is InChI=1S/C10H20N2O2/c1-9(2,3)14-8(13)12-10(4)5-7(11)6-10/h7H,5-6,11H2,1-4H3,(H,12,13)/t7-,10-. The second kappa shape index (κ2) is 3.42. The number of ether oxygens (including phenoxy) is 1. The molecule has 0 aromatic carbocycles. The van der Waals surface area contributed by atoms with E-state index in [9.17, 15) is 4.79 Å².